The van der Waals surface area contributed by atoms with Crippen LogP contribution in [0.1, 0.15) is 11.3 Å². The van der Waals surface area contributed by atoms with Crippen LogP contribution in [0.25, 0.3) is 16.5 Å². The summed E-state index contributed by atoms with van der Waals surface area (Å²) in [5, 5.41) is 9.34. The molecule has 0 bridgehead atoms. The third-order valence-corrected chi connectivity index (χ3v) is 4.71. The Morgan fingerprint density at radius 2 is 1.65 bits per heavy atom. The molecule has 4 rings (SSSR count). The van der Waals surface area contributed by atoms with Crippen molar-refractivity contribution >= 4 is 16.6 Å². The van der Waals surface area contributed by atoms with Gasteiger partial charge in [0, 0.05) is 37.9 Å². The smallest absolute Gasteiger partial charge is 0.353 e. The Labute approximate surface area is 149 Å². The third kappa shape index (κ3) is 3.14. The largest absolute Gasteiger partial charge is 0.416 e. The van der Waals surface area contributed by atoms with Crippen LogP contribution >= 0.6 is 0 Å². The molecule has 7 heteroatoms. The predicted molar refractivity (Wildman–Crippen MR) is 95.9 cm³/mol. The zero-order chi connectivity index (χ0) is 18.3. The average Bonchev–Trinajstić information content (AvgIpc) is 3.02. The van der Waals surface area contributed by atoms with E-state index in [1.165, 1.54) is 12.1 Å². The van der Waals surface area contributed by atoms with E-state index >= 15 is 0 Å². The Bertz CT molecular complexity index is 940. The fourth-order valence-corrected chi connectivity index (χ4v) is 3.31. The lowest BCUT2D eigenvalue weighted by Gasteiger charge is -2.27. The van der Waals surface area contributed by atoms with Gasteiger partial charge in [-0.1, -0.05) is 12.1 Å². The van der Waals surface area contributed by atoms with Crippen LogP contribution in [0.4, 0.5) is 19.0 Å². The molecule has 1 aromatic heterocycles. The van der Waals surface area contributed by atoms with Gasteiger partial charge in [-0.05, 0) is 42.0 Å². The number of hydrogen-bond donors (Lipinski definition) is 1. The predicted octanol–water partition coefficient (Wildman–Crippen LogP) is 3.76. The number of hydrogen-bond acceptors (Lipinski definition) is 3. The van der Waals surface area contributed by atoms with Crippen LogP contribution in [-0.2, 0) is 6.18 Å². The van der Waals surface area contributed by atoms with E-state index < -0.39 is 11.7 Å². The van der Waals surface area contributed by atoms with Crippen LogP contribution in [0.3, 0.4) is 0 Å². The monoisotopic (exact) mass is 360 g/mol. The summed E-state index contributed by atoms with van der Waals surface area (Å²) in [5.74, 6) is 0.927. The van der Waals surface area contributed by atoms with Crippen molar-refractivity contribution in [1.29, 1.82) is 0 Å². The number of alkyl halides is 3. The van der Waals surface area contributed by atoms with Gasteiger partial charge in [0.1, 0.15) is 0 Å². The fourth-order valence-electron chi connectivity index (χ4n) is 3.31. The summed E-state index contributed by atoms with van der Waals surface area (Å²) in [7, 11) is 0. The lowest BCUT2D eigenvalue weighted by molar-refractivity contribution is -0.137. The highest BCUT2D eigenvalue weighted by molar-refractivity contribution is 5.85. The molecule has 2 heterocycles. The fraction of sp³-hybridized carbons (Fsp3) is 0.316. The Morgan fingerprint density at radius 1 is 0.962 bits per heavy atom. The van der Waals surface area contributed by atoms with Crippen molar-refractivity contribution in [1.82, 2.24) is 15.1 Å². The number of aryl methyl sites for hydroxylation is 1. The summed E-state index contributed by atoms with van der Waals surface area (Å²) < 4.78 is 40.4. The van der Waals surface area contributed by atoms with Crippen LogP contribution < -0.4 is 10.2 Å². The van der Waals surface area contributed by atoms with Gasteiger partial charge in [0.05, 0.1) is 11.3 Å². The van der Waals surface area contributed by atoms with Crippen LogP contribution in [0.15, 0.2) is 42.5 Å². The maximum Gasteiger partial charge on any atom is 0.416 e. The van der Waals surface area contributed by atoms with E-state index in [1.807, 2.05) is 29.8 Å². The van der Waals surface area contributed by atoms with Crippen LogP contribution in [0, 0.1) is 6.92 Å². The highest BCUT2D eigenvalue weighted by Crippen LogP contribution is 2.32. The minimum Gasteiger partial charge on any atom is -0.353 e. The Kier molecular flexibility index (Phi) is 4.11. The van der Waals surface area contributed by atoms with Crippen molar-refractivity contribution in [3.63, 3.8) is 0 Å². The van der Waals surface area contributed by atoms with Gasteiger partial charge in [-0.25, -0.2) is 4.68 Å². The van der Waals surface area contributed by atoms with Gasteiger partial charge in [0.15, 0.2) is 5.82 Å². The van der Waals surface area contributed by atoms with E-state index in [2.05, 4.69) is 10.2 Å². The molecule has 4 nitrogen and oxygen atoms in total. The quantitative estimate of drug-likeness (QED) is 0.755. The van der Waals surface area contributed by atoms with Gasteiger partial charge in [-0.2, -0.15) is 18.3 Å². The van der Waals surface area contributed by atoms with Gasteiger partial charge in [-0.15, -0.1) is 0 Å². The number of nitrogens with one attached hydrogen (secondary N) is 1. The van der Waals surface area contributed by atoms with Crippen molar-refractivity contribution in [2.24, 2.45) is 0 Å². The molecule has 0 spiro atoms. The minimum atomic E-state index is -4.33. The number of piperazine rings is 1. The molecule has 1 aliphatic heterocycles. The van der Waals surface area contributed by atoms with E-state index in [0.29, 0.717) is 5.39 Å². The van der Waals surface area contributed by atoms with Crippen molar-refractivity contribution in [3.05, 3.63) is 53.7 Å². The maximum absolute atomic E-state index is 12.9. The van der Waals surface area contributed by atoms with E-state index in [9.17, 15) is 13.2 Å². The van der Waals surface area contributed by atoms with Gasteiger partial charge in [0.25, 0.3) is 0 Å². The summed E-state index contributed by atoms with van der Waals surface area (Å²) in [6.45, 7) is 5.67. The first kappa shape index (κ1) is 16.9. The normalized spacial score (nSPS) is 15.6. The minimum absolute atomic E-state index is 0.565. The number of anilines is 1. The first-order valence-corrected chi connectivity index (χ1v) is 8.55. The Balaban J connectivity index is 1.69. The number of fused-ring (bicyclic) bond motifs is 1. The Hall–Kier alpha value is -2.54. The summed E-state index contributed by atoms with van der Waals surface area (Å²) >= 11 is 0. The molecular formula is C19H19F3N4. The second-order valence-electron chi connectivity index (χ2n) is 6.54. The second-order valence-corrected chi connectivity index (χ2v) is 6.54. The third-order valence-electron chi connectivity index (χ3n) is 4.71. The molecule has 1 aliphatic rings. The summed E-state index contributed by atoms with van der Waals surface area (Å²) in [6.07, 6.45) is -4.33. The molecule has 0 aliphatic carbocycles. The highest BCUT2D eigenvalue weighted by atomic mass is 19.4. The van der Waals surface area contributed by atoms with Crippen LogP contribution in [0.5, 0.6) is 0 Å². The van der Waals surface area contributed by atoms with Gasteiger partial charge in [0.2, 0.25) is 0 Å². The highest BCUT2D eigenvalue weighted by Gasteiger charge is 2.30. The molecule has 3 aromatic rings. The lowest BCUT2D eigenvalue weighted by atomic mass is 10.1. The summed E-state index contributed by atoms with van der Waals surface area (Å²) in [4.78, 5) is 2.23. The Morgan fingerprint density at radius 3 is 2.38 bits per heavy atom. The van der Waals surface area contributed by atoms with Crippen molar-refractivity contribution in [2.45, 2.75) is 13.1 Å². The maximum atomic E-state index is 12.9. The van der Waals surface area contributed by atoms with Crippen molar-refractivity contribution in [2.75, 3.05) is 31.1 Å². The molecule has 0 unspecified atom stereocenters. The van der Waals surface area contributed by atoms with Crippen LogP contribution in [0.2, 0.25) is 0 Å². The van der Waals surface area contributed by atoms with Gasteiger partial charge < -0.3 is 10.2 Å². The SMILES string of the molecule is Cc1cc(N2CCNCC2)nn1-c1ccc2cc(C(F)(F)F)ccc2c1. The zero-order valence-electron chi connectivity index (χ0n) is 14.3. The molecule has 136 valence electrons. The summed E-state index contributed by atoms with van der Waals surface area (Å²) in [5.41, 5.74) is 1.20. The number of aromatic nitrogens is 2. The molecule has 1 fully saturated rings. The second kappa shape index (κ2) is 6.32. The molecule has 1 N–H and O–H groups in total. The molecule has 0 radical (unpaired) electrons. The van der Waals surface area contributed by atoms with E-state index in [4.69, 9.17) is 5.10 Å². The van der Waals surface area contributed by atoms with Crippen LogP contribution in [-0.4, -0.2) is 36.0 Å². The molecular weight excluding hydrogens is 341 g/mol. The molecule has 0 amide bonds. The average molecular weight is 360 g/mol. The van der Waals surface area contributed by atoms with Gasteiger partial charge >= 0.3 is 6.18 Å². The standard InChI is InChI=1S/C19H19F3N4/c1-13-10-18(25-8-6-23-7-9-25)24-26(13)17-5-3-14-11-16(19(20,21)22)4-2-15(14)12-17/h2-5,10-12,23H,6-9H2,1H3. The zero-order valence-corrected chi connectivity index (χ0v) is 14.3. The van der Waals surface area contributed by atoms with E-state index in [0.717, 1.165) is 54.8 Å². The molecule has 0 saturated carbocycles. The topological polar surface area (TPSA) is 33.1 Å². The number of rotatable bonds is 2. The lowest BCUT2D eigenvalue weighted by Crippen LogP contribution is -2.43. The number of benzene rings is 2. The first-order valence-electron chi connectivity index (χ1n) is 8.55. The van der Waals surface area contributed by atoms with E-state index in [1.54, 1.807) is 6.07 Å². The summed E-state index contributed by atoms with van der Waals surface area (Å²) in [6, 6.07) is 11.3. The number of nitrogens with zero attached hydrogens (tertiary/aromatic N) is 3. The molecule has 26 heavy (non-hydrogen) atoms. The van der Waals surface area contributed by atoms with Crippen molar-refractivity contribution < 1.29 is 13.2 Å². The molecule has 2 aromatic carbocycles. The van der Waals surface area contributed by atoms with Crippen molar-refractivity contribution in [3.8, 4) is 5.69 Å². The van der Waals surface area contributed by atoms with Gasteiger partial charge in [-0.3, -0.25) is 0 Å². The molecule has 0 atom stereocenters. The molecule has 1 saturated heterocycles. The number of halogens is 3. The van der Waals surface area contributed by atoms with E-state index in [-0.39, 0.29) is 0 Å². The first-order chi connectivity index (χ1) is 12.4.